The molecule has 0 radical (unpaired) electrons. The number of carbonyl (C=O) groups excluding carboxylic acids is 3. The number of likely N-dealkylation sites (tertiary alicyclic amines) is 1. The van der Waals surface area contributed by atoms with Gasteiger partial charge in [-0.05, 0) is 45.7 Å². The van der Waals surface area contributed by atoms with Crippen molar-refractivity contribution in [1.29, 1.82) is 0 Å². The second-order valence-corrected chi connectivity index (χ2v) is 10.8. The Morgan fingerprint density at radius 2 is 1.78 bits per heavy atom. The number of aryl methyl sites for hydroxylation is 3. The Bertz CT molecular complexity index is 1470. The molecule has 0 unspecified atom stereocenters. The highest BCUT2D eigenvalue weighted by Gasteiger charge is 2.29. The van der Waals surface area contributed by atoms with Crippen LogP contribution in [0.3, 0.4) is 0 Å². The number of hydrazine groups is 1. The van der Waals surface area contributed by atoms with Gasteiger partial charge in [0.25, 0.3) is 17.7 Å². The molecule has 186 valence electrons. The van der Waals surface area contributed by atoms with Crippen LogP contribution in [-0.2, 0) is 0 Å². The van der Waals surface area contributed by atoms with Crippen molar-refractivity contribution in [1.82, 2.24) is 40.5 Å². The van der Waals surface area contributed by atoms with Crippen LogP contribution < -0.4 is 10.9 Å². The number of aromatic nitrogens is 5. The molecule has 0 bridgehead atoms. The van der Waals surface area contributed by atoms with Crippen LogP contribution in [-0.4, -0.2) is 60.5 Å². The van der Waals surface area contributed by atoms with E-state index in [1.807, 2.05) is 32.9 Å². The summed E-state index contributed by atoms with van der Waals surface area (Å²) in [4.78, 5) is 45.5. The van der Waals surface area contributed by atoms with E-state index in [2.05, 4.69) is 31.1 Å². The molecule has 36 heavy (non-hydrogen) atoms. The lowest BCUT2D eigenvalue weighted by molar-refractivity contribution is 0.0703. The molecule has 2 N–H and O–H groups in total. The van der Waals surface area contributed by atoms with Crippen molar-refractivity contribution in [2.24, 2.45) is 0 Å². The first-order valence-corrected chi connectivity index (χ1v) is 13.1. The highest BCUT2D eigenvalue weighted by atomic mass is 32.1. The van der Waals surface area contributed by atoms with Gasteiger partial charge in [0.2, 0.25) is 0 Å². The molecule has 0 saturated carbocycles. The summed E-state index contributed by atoms with van der Waals surface area (Å²) in [6.45, 7) is 6.71. The van der Waals surface area contributed by atoms with Crippen molar-refractivity contribution in [3.05, 3.63) is 61.1 Å². The smallest absolute Gasteiger partial charge is 0.289 e. The number of thiophene rings is 1. The summed E-state index contributed by atoms with van der Waals surface area (Å²) in [6, 6.07) is 5.38. The molecular weight excluding hydrogens is 500 g/mol. The average Bonchev–Trinajstić information content (AvgIpc) is 3.62. The summed E-state index contributed by atoms with van der Waals surface area (Å²) in [5.41, 5.74) is 7.50. The number of thiazole rings is 1. The highest BCUT2D eigenvalue weighted by molar-refractivity contribution is 7.14. The van der Waals surface area contributed by atoms with Crippen LogP contribution in [0.4, 0.5) is 0 Å². The van der Waals surface area contributed by atoms with Gasteiger partial charge in [-0.15, -0.1) is 32.9 Å². The normalized spacial score (nSPS) is 14.2. The van der Waals surface area contributed by atoms with Gasteiger partial charge >= 0.3 is 0 Å². The van der Waals surface area contributed by atoms with Crippen LogP contribution in [0, 0.1) is 20.8 Å². The quantitative estimate of drug-likeness (QED) is 0.392. The molecule has 13 heteroatoms. The predicted molar refractivity (Wildman–Crippen MR) is 134 cm³/mol. The first-order chi connectivity index (χ1) is 17.3. The fourth-order valence-electron chi connectivity index (χ4n) is 4.13. The van der Waals surface area contributed by atoms with Gasteiger partial charge in [-0.3, -0.25) is 25.2 Å². The van der Waals surface area contributed by atoms with Gasteiger partial charge in [-0.2, -0.15) is 5.10 Å². The number of piperidine rings is 1. The summed E-state index contributed by atoms with van der Waals surface area (Å²) >= 11 is 2.76. The van der Waals surface area contributed by atoms with E-state index < -0.39 is 5.91 Å². The van der Waals surface area contributed by atoms with Crippen molar-refractivity contribution in [3.63, 3.8) is 0 Å². The molecule has 5 heterocycles. The zero-order valence-electron chi connectivity index (χ0n) is 19.9. The zero-order valence-corrected chi connectivity index (χ0v) is 21.6. The summed E-state index contributed by atoms with van der Waals surface area (Å²) in [7, 11) is 0. The van der Waals surface area contributed by atoms with E-state index in [0.717, 1.165) is 28.4 Å². The molecule has 0 aromatic carbocycles. The van der Waals surface area contributed by atoms with Crippen molar-refractivity contribution in [2.45, 2.75) is 39.5 Å². The number of hydrogen-bond acceptors (Lipinski definition) is 9. The van der Waals surface area contributed by atoms with E-state index in [-0.39, 0.29) is 23.4 Å². The molecule has 3 amide bonds. The molecule has 1 saturated heterocycles. The summed E-state index contributed by atoms with van der Waals surface area (Å²) in [5.74, 6) is -0.849. The predicted octanol–water partition coefficient (Wildman–Crippen LogP) is 2.66. The maximum Gasteiger partial charge on any atom is 0.289 e. The summed E-state index contributed by atoms with van der Waals surface area (Å²) in [5, 5.41) is 15.2. The average molecular weight is 525 g/mol. The van der Waals surface area contributed by atoms with Gasteiger partial charge in [0.1, 0.15) is 5.69 Å². The maximum atomic E-state index is 13.1. The molecule has 4 aromatic heterocycles. The second kappa shape index (κ2) is 9.74. The van der Waals surface area contributed by atoms with Gasteiger partial charge < -0.3 is 4.90 Å². The molecule has 0 atom stereocenters. The van der Waals surface area contributed by atoms with E-state index in [1.165, 1.54) is 22.7 Å². The SMILES string of the molecule is Cc1cc2nnc(C(=O)N3CCC(c4nc(C(=O)NNC(=O)c5ccc(C)s5)cs4)CC3)c(C)n2n1. The minimum absolute atomic E-state index is 0.146. The van der Waals surface area contributed by atoms with Gasteiger partial charge in [-0.25, -0.2) is 9.50 Å². The molecule has 0 aliphatic carbocycles. The van der Waals surface area contributed by atoms with Crippen LogP contribution in [0.2, 0.25) is 0 Å². The Morgan fingerprint density at radius 3 is 2.50 bits per heavy atom. The van der Waals surface area contributed by atoms with E-state index >= 15 is 0 Å². The Balaban J connectivity index is 1.17. The van der Waals surface area contributed by atoms with Gasteiger partial charge in [0.15, 0.2) is 11.3 Å². The zero-order chi connectivity index (χ0) is 25.4. The minimum Gasteiger partial charge on any atom is -0.337 e. The summed E-state index contributed by atoms with van der Waals surface area (Å²) in [6.07, 6.45) is 1.45. The number of fused-ring (bicyclic) bond motifs is 1. The third-order valence-corrected chi connectivity index (χ3v) is 8.07. The standard InChI is InChI=1S/C23H24N8O3S2/c1-12-10-18-25-26-19(14(3)31(18)29-12)23(34)30-8-6-15(7-9-30)22-24-16(11-35-22)20(32)27-28-21(33)17-5-4-13(2)36-17/h4-5,10-11,15H,6-9H2,1-3H3,(H,27,32)(H,28,33). The number of nitrogens with one attached hydrogen (secondary N) is 2. The summed E-state index contributed by atoms with van der Waals surface area (Å²) < 4.78 is 1.65. The molecule has 0 spiro atoms. The van der Waals surface area contributed by atoms with Crippen molar-refractivity contribution in [3.8, 4) is 0 Å². The Kier molecular flexibility index (Phi) is 6.49. The van der Waals surface area contributed by atoms with Crippen LogP contribution in [0.5, 0.6) is 0 Å². The van der Waals surface area contributed by atoms with Crippen LogP contribution >= 0.6 is 22.7 Å². The molecule has 1 aliphatic heterocycles. The van der Waals surface area contributed by atoms with Crippen molar-refractivity contribution in [2.75, 3.05) is 13.1 Å². The fraction of sp³-hybridized carbons (Fsp3) is 0.348. The number of nitrogens with zero attached hydrogens (tertiary/aromatic N) is 6. The first-order valence-electron chi connectivity index (χ1n) is 11.4. The van der Waals surface area contributed by atoms with E-state index in [1.54, 1.807) is 20.9 Å². The lowest BCUT2D eigenvalue weighted by atomic mass is 9.97. The number of rotatable bonds is 4. The van der Waals surface area contributed by atoms with Gasteiger partial charge in [-0.1, -0.05) is 0 Å². The molecular formula is C23H24N8O3S2. The maximum absolute atomic E-state index is 13.1. The van der Waals surface area contributed by atoms with Crippen molar-refractivity contribution < 1.29 is 14.4 Å². The van der Waals surface area contributed by atoms with E-state index in [0.29, 0.717) is 35.0 Å². The number of hydrogen-bond donors (Lipinski definition) is 2. The minimum atomic E-state index is -0.468. The van der Waals surface area contributed by atoms with E-state index in [9.17, 15) is 14.4 Å². The Labute approximate surface area is 214 Å². The monoisotopic (exact) mass is 524 g/mol. The second-order valence-electron chi connectivity index (χ2n) is 8.65. The van der Waals surface area contributed by atoms with E-state index in [4.69, 9.17) is 0 Å². The van der Waals surface area contributed by atoms with Crippen LogP contribution in [0.25, 0.3) is 5.65 Å². The molecule has 5 rings (SSSR count). The first kappa shape index (κ1) is 24.0. The van der Waals surface area contributed by atoms with Crippen LogP contribution in [0.15, 0.2) is 23.6 Å². The number of carbonyl (C=O) groups is 3. The third-order valence-electron chi connectivity index (χ3n) is 6.07. The van der Waals surface area contributed by atoms with Crippen LogP contribution in [0.1, 0.15) is 70.7 Å². The van der Waals surface area contributed by atoms with Gasteiger partial charge in [0, 0.05) is 35.3 Å². The molecule has 1 fully saturated rings. The number of amides is 3. The highest BCUT2D eigenvalue weighted by Crippen LogP contribution is 2.31. The fourth-order valence-corrected chi connectivity index (χ4v) is 5.86. The van der Waals surface area contributed by atoms with Gasteiger partial charge in [0.05, 0.1) is 21.3 Å². The topological polar surface area (TPSA) is 134 Å². The lowest BCUT2D eigenvalue weighted by Crippen LogP contribution is -2.41. The Hall–Kier alpha value is -3.71. The van der Waals surface area contributed by atoms with Crippen molar-refractivity contribution >= 4 is 46.0 Å². The third kappa shape index (κ3) is 4.71. The largest absolute Gasteiger partial charge is 0.337 e. The Morgan fingerprint density at radius 1 is 1.03 bits per heavy atom. The molecule has 4 aromatic rings. The lowest BCUT2D eigenvalue weighted by Gasteiger charge is -2.31. The molecule has 11 nitrogen and oxygen atoms in total. The molecule has 1 aliphatic rings.